The molecule has 0 radical (unpaired) electrons. The zero-order valence-electron chi connectivity index (χ0n) is 10.5. The Hall–Kier alpha value is -2.18. The van der Waals surface area contributed by atoms with Crippen molar-refractivity contribution < 1.29 is 9.90 Å². The number of hydrogen-bond donors (Lipinski definition) is 1. The lowest BCUT2D eigenvalue weighted by Gasteiger charge is -2.05. The van der Waals surface area contributed by atoms with Gasteiger partial charge in [0.05, 0.1) is 6.54 Å². The lowest BCUT2D eigenvalue weighted by atomic mass is 10.2. The van der Waals surface area contributed by atoms with Crippen molar-refractivity contribution >= 4 is 40.3 Å². The molecule has 0 fully saturated rings. The number of halogens is 2. The zero-order chi connectivity index (χ0) is 15.0. The molecule has 106 valence electrons. The van der Waals surface area contributed by atoms with E-state index >= 15 is 0 Å². The lowest BCUT2D eigenvalue weighted by Crippen LogP contribution is -2.05. The van der Waals surface area contributed by atoms with Crippen LogP contribution in [0.3, 0.4) is 0 Å². The smallest absolute Gasteiger partial charge is 0.358 e. The van der Waals surface area contributed by atoms with Crippen molar-refractivity contribution in [2.75, 3.05) is 0 Å². The summed E-state index contributed by atoms with van der Waals surface area (Å²) in [4.78, 5) is 19.4. The molecule has 0 saturated heterocycles. The molecule has 1 N–H and O–H groups in total. The van der Waals surface area contributed by atoms with Crippen LogP contribution in [-0.2, 0) is 6.54 Å². The molecule has 0 aliphatic heterocycles. The van der Waals surface area contributed by atoms with Gasteiger partial charge in [0.2, 0.25) is 0 Å². The first kappa shape index (κ1) is 13.8. The van der Waals surface area contributed by atoms with Gasteiger partial charge in [-0.15, -0.1) is 0 Å². The molecule has 2 aromatic heterocycles. The highest BCUT2D eigenvalue weighted by molar-refractivity contribution is 6.35. The molecule has 1 aromatic carbocycles. The second-order valence-electron chi connectivity index (χ2n) is 4.28. The Morgan fingerprint density at radius 3 is 2.71 bits per heavy atom. The molecule has 2 heterocycles. The summed E-state index contributed by atoms with van der Waals surface area (Å²) < 4.78 is 1.46. The van der Waals surface area contributed by atoms with Gasteiger partial charge in [-0.2, -0.15) is 5.10 Å². The Kier molecular flexibility index (Phi) is 3.48. The van der Waals surface area contributed by atoms with Crippen molar-refractivity contribution in [3.05, 3.63) is 51.9 Å². The first-order chi connectivity index (χ1) is 10.1. The number of carbonyl (C=O) groups is 1. The zero-order valence-corrected chi connectivity index (χ0v) is 12.0. The van der Waals surface area contributed by atoms with Gasteiger partial charge in [0.15, 0.2) is 11.3 Å². The summed E-state index contributed by atoms with van der Waals surface area (Å²) in [7, 11) is 0. The molecule has 8 heteroatoms. The molecule has 0 bridgehead atoms. The van der Waals surface area contributed by atoms with Crippen LogP contribution in [0.25, 0.3) is 11.2 Å². The molecule has 0 spiro atoms. The van der Waals surface area contributed by atoms with Gasteiger partial charge >= 0.3 is 5.97 Å². The largest absolute Gasteiger partial charge is 0.476 e. The average Bonchev–Trinajstić information content (AvgIpc) is 2.81. The predicted octanol–water partition coefficient (Wildman–Crippen LogP) is 2.88. The second kappa shape index (κ2) is 5.31. The number of rotatable bonds is 3. The molecule has 0 aliphatic carbocycles. The highest BCUT2D eigenvalue weighted by Gasteiger charge is 2.18. The first-order valence-corrected chi connectivity index (χ1v) is 6.66. The molecular weight excluding hydrogens is 315 g/mol. The summed E-state index contributed by atoms with van der Waals surface area (Å²) in [6.07, 6.45) is 2.91. The number of fused-ring (bicyclic) bond motifs is 1. The van der Waals surface area contributed by atoms with E-state index < -0.39 is 5.97 Å². The van der Waals surface area contributed by atoms with E-state index in [0.717, 1.165) is 5.56 Å². The van der Waals surface area contributed by atoms with E-state index in [9.17, 15) is 4.79 Å². The van der Waals surface area contributed by atoms with Crippen LogP contribution >= 0.6 is 23.2 Å². The van der Waals surface area contributed by atoms with Crippen LogP contribution in [0.15, 0.2) is 30.6 Å². The fourth-order valence-electron chi connectivity index (χ4n) is 1.97. The Morgan fingerprint density at radius 2 is 2.00 bits per heavy atom. The van der Waals surface area contributed by atoms with Crippen molar-refractivity contribution in [3.8, 4) is 0 Å². The van der Waals surface area contributed by atoms with Crippen LogP contribution in [0, 0.1) is 0 Å². The van der Waals surface area contributed by atoms with E-state index in [4.69, 9.17) is 28.3 Å². The molecule has 21 heavy (non-hydrogen) atoms. The minimum Gasteiger partial charge on any atom is -0.476 e. The quantitative estimate of drug-likeness (QED) is 0.801. The van der Waals surface area contributed by atoms with E-state index in [-0.39, 0.29) is 17.8 Å². The van der Waals surface area contributed by atoms with Gasteiger partial charge in [-0.05, 0) is 17.7 Å². The SMILES string of the molecule is O=C(O)c1nn(Cc2ccc(Cl)cc2Cl)c2nccnc12. The fraction of sp³-hybridized carbons (Fsp3) is 0.0769. The summed E-state index contributed by atoms with van der Waals surface area (Å²) in [5.74, 6) is -1.15. The molecule has 0 saturated carbocycles. The van der Waals surface area contributed by atoms with Gasteiger partial charge in [-0.25, -0.2) is 19.4 Å². The van der Waals surface area contributed by atoms with Crippen LogP contribution in [0.4, 0.5) is 0 Å². The van der Waals surface area contributed by atoms with E-state index in [2.05, 4.69) is 15.1 Å². The van der Waals surface area contributed by atoms with E-state index in [0.29, 0.717) is 15.7 Å². The molecule has 6 nitrogen and oxygen atoms in total. The Balaban J connectivity index is 2.10. The maximum Gasteiger partial charge on any atom is 0.358 e. The highest BCUT2D eigenvalue weighted by Crippen LogP contribution is 2.23. The minimum atomic E-state index is -1.15. The number of carboxylic acids is 1. The third-order valence-corrected chi connectivity index (χ3v) is 3.49. The Bertz CT molecular complexity index is 847. The fourth-order valence-corrected chi connectivity index (χ4v) is 2.44. The Labute approximate surface area is 129 Å². The molecule has 0 unspecified atom stereocenters. The second-order valence-corrected chi connectivity index (χ2v) is 5.12. The average molecular weight is 323 g/mol. The van der Waals surface area contributed by atoms with Crippen LogP contribution in [-0.4, -0.2) is 30.8 Å². The van der Waals surface area contributed by atoms with Crippen molar-refractivity contribution in [1.82, 2.24) is 19.7 Å². The normalized spacial score (nSPS) is 11.0. The van der Waals surface area contributed by atoms with Crippen molar-refractivity contribution in [2.45, 2.75) is 6.54 Å². The Morgan fingerprint density at radius 1 is 1.24 bits per heavy atom. The van der Waals surface area contributed by atoms with Crippen molar-refractivity contribution in [2.24, 2.45) is 0 Å². The maximum atomic E-state index is 11.2. The third kappa shape index (κ3) is 2.55. The number of carboxylic acid groups (broad SMARTS) is 1. The summed E-state index contributed by atoms with van der Waals surface area (Å²) in [5.41, 5.74) is 1.26. The van der Waals surface area contributed by atoms with Gasteiger partial charge < -0.3 is 5.11 Å². The van der Waals surface area contributed by atoms with Gasteiger partial charge in [-0.3, -0.25) is 0 Å². The van der Waals surface area contributed by atoms with Crippen molar-refractivity contribution in [1.29, 1.82) is 0 Å². The van der Waals surface area contributed by atoms with Gasteiger partial charge in [0.25, 0.3) is 0 Å². The standard InChI is InChI=1S/C13H8Cl2N4O2/c14-8-2-1-7(9(15)5-8)6-19-12-10(16-3-4-17-12)11(18-19)13(20)21/h1-5H,6H2,(H,20,21). The summed E-state index contributed by atoms with van der Waals surface area (Å²) in [6, 6.07) is 5.08. The van der Waals surface area contributed by atoms with Gasteiger partial charge in [-0.1, -0.05) is 29.3 Å². The summed E-state index contributed by atoms with van der Waals surface area (Å²) >= 11 is 12.0. The molecule has 3 rings (SSSR count). The number of nitrogens with zero attached hydrogens (tertiary/aromatic N) is 4. The number of benzene rings is 1. The van der Waals surface area contributed by atoms with Crippen LogP contribution in [0.1, 0.15) is 16.1 Å². The first-order valence-electron chi connectivity index (χ1n) is 5.91. The molecule has 3 aromatic rings. The van der Waals surface area contributed by atoms with Crippen molar-refractivity contribution in [3.63, 3.8) is 0 Å². The molecule has 0 atom stereocenters. The molecule has 0 aliphatic rings. The van der Waals surface area contributed by atoms with Gasteiger partial charge in [0, 0.05) is 22.4 Å². The number of hydrogen-bond acceptors (Lipinski definition) is 4. The van der Waals surface area contributed by atoms with E-state index in [1.165, 1.54) is 17.1 Å². The van der Waals surface area contributed by atoms with Crippen LogP contribution in [0.2, 0.25) is 10.0 Å². The molecule has 0 amide bonds. The van der Waals surface area contributed by atoms with Crippen LogP contribution < -0.4 is 0 Å². The van der Waals surface area contributed by atoms with Crippen LogP contribution in [0.5, 0.6) is 0 Å². The van der Waals surface area contributed by atoms with Gasteiger partial charge in [0.1, 0.15) is 5.52 Å². The monoisotopic (exact) mass is 322 g/mol. The highest BCUT2D eigenvalue weighted by atomic mass is 35.5. The summed E-state index contributed by atoms with van der Waals surface area (Å²) in [5, 5.41) is 14.2. The summed E-state index contributed by atoms with van der Waals surface area (Å²) in [6.45, 7) is 0.276. The maximum absolute atomic E-state index is 11.2. The third-order valence-electron chi connectivity index (χ3n) is 2.91. The van der Waals surface area contributed by atoms with E-state index in [1.807, 2.05) is 0 Å². The number of aromatic nitrogens is 4. The molecular formula is C13H8Cl2N4O2. The lowest BCUT2D eigenvalue weighted by molar-refractivity contribution is 0.0691. The number of aromatic carboxylic acids is 1. The predicted molar refractivity (Wildman–Crippen MR) is 77.8 cm³/mol. The minimum absolute atomic E-state index is 0.136. The van der Waals surface area contributed by atoms with E-state index in [1.54, 1.807) is 18.2 Å². The topological polar surface area (TPSA) is 80.9 Å².